The zero-order valence-electron chi connectivity index (χ0n) is 51.2. The third kappa shape index (κ3) is 28.8. The third-order valence-electron chi connectivity index (χ3n) is 13.7. The van der Waals surface area contributed by atoms with E-state index in [1.807, 2.05) is 4.90 Å². The lowest BCUT2D eigenvalue weighted by atomic mass is 10.1. The maximum absolute atomic E-state index is 13.6. The van der Waals surface area contributed by atoms with E-state index >= 15 is 0 Å². The number of imidazole rings is 1. The Hall–Kier alpha value is -7.75. The molecule has 4 amide bonds. The fourth-order valence-electron chi connectivity index (χ4n) is 8.89. The minimum absolute atomic E-state index is 0.0160. The number of aryl methyl sites for hydroxylation is 3. The molecular formula is C54H80F6N14O16S2. The second-order valence-electron chi connectivity index (χ2n) is 20.6. The lowest BCUT2D eigenvalue weighted by Crippen LogP contribution is -2.54. The average Bonchev–Trinajstić information content (AvgIpc) is 1.10. The van der Waals surface area contributed by atoms with Crippen molar-refractivity contribution in [1.29, 1.82) is 0 Å². The number of hydrogen-bond donors (Lipinski definition) is 11. The van der Waals surface area contributed by atoms with Crippen LogP contribution in [0.1, 0.15) is 61.5 Å². The van der Waals surface area contributed by atoms with Gasteiger partial charge in [-0.05, 0) is 87.8 Å². The quantitative estimate of drug-likeness (QED) is 0.0208. The summed E-state index contributed by atoms with van der Waals surface area (Å²) in [6.45, 7) is 18.8. The van der Waals surface area contributed by atoms with Crippen LogP contribution >= 0.6 is 0 Å². The Kier molecular flexibility index (Phi) is 32.2. The van der Waals surface area contributed by atoms with Crippen molar-refractivity contribution < 1.29 is 101 Å². The number of anilines is 1. The van der Waals surface area contributed by atoms with Gasteiger partial charge in [-0.15, -0.1) is 0 Å². The number of aliphatic carboxylic acids is 3. The number of amides is 4. The first-order valence-corrected chi connectivity index (χ1v) is 31.9. The number of alkyl halides is 6. The van der Waals surface area contributed by atoms with Gasteiger partial charge in [-0.25, -0.2) is 23.0 Å². The summed E-state index contributed by atoms with van der Waals surface area (Å²) in [7, 11) is -9.11. The second-order valence-corrected chi connectivity index (χ2v) is 23.8. The number of hydrogen-bond acceptors (Lipinski definition) is 19. The highest BCUT2D eigenvalue weighted by Gasteiger charge is 2.39. The molecule has 11 N–H and O–H groups in total. The molecule has 3 heterocycles. The summed E-state index contributed by atoms with van der Waals surface area (Å²) in [4.78, 5) is 98.2. The number of ether oxygens (including phenoxy) is 1. The van der Waals surface area contributed by atoms with Gasteiger partial charge in [-0.3, -0.25) is 38.1 Å². The number of sulfonamides is 1. The number of likely N-dealkylation sites (N-methyl/N-ethyl adjacent to an activating group) is 3. The van der Waals surface area contributed by atoms with Crippen molar-refractivity contribution in [2.75, 3.05) is 122 Å². The number of halogens is 6. The summed E-state index contributed by atoms with van der Waals surface area (Å²) in [5.41, 5.74) is 1.54. The number of benzene rings is 2. The van der Waals surface area contributed by atoms with Crippen LogP contribution in [0.3, 0.4) is 0 Å². The molecule has 2 aromatic carbocycles. The number of carbonyl (C=O) groups is 7. The SMILES string of the molecule is CCN1CCN(CC)CCN(CC(=O)N[C@@H](CS(=O)(=O)O)C(=O)NCCNC(=O)CCCOc2cc(C)c(S(=O)(=O)N[C@@H](CNC(=O)c3ccc4c(cnn4CCCNc4ncc[nH]4)c3)C(=O)O)c(C)c2)CCN(CC)CC1.O=C(O)C(F)(F)F.O=C(O)C(F)(F)F. The second kappa shape index (κ2) is 37.7. The molecule has 5 rings (SSSR count). The standard InChI is InChI=1S/C50H78N14O12S2.2C2HF3O2/c1-6-60-20-22-61(7-2)24-26-63(27-25-62(8-3)23-21-60)34-45(66)58-42(35-77(71,72)73)48(68)52-16-15-51-44(65)11-9-28-76-40-29-36(4)46(37(5)30-40)78(74,75)59-41(49(69)70)33-56-47(67)38-12-13-43-39(31-38)32-57-64(43)19-10-14-53-50-54-17-18-55-50;2*3-2(4,5)1(6)7/h12-13,17-18,29-32,41-42,59H,6-11,14-16,19-28,33-35H2,1-5H3,(H,51,65)(H,52,68)(H,56,67)(H,58,66)(H,69,70)(H2,53,54,55)(H,71,72,73);2*(H,6,7)/t41-,42-;;/m0../s1. The Labute approximate surface area is 526 Å². The highest BCUT2D eigenvalue weighted by molar-refractivity contribution is 7.89. The van der Waals surface area contributed by atoms with Gasteiger partial charge >= 0.3 is 30.3 Å². The van der Waals surface area contributed by atoms with Crippen molar-refractivity contribution >= 4 is 78.5 Å². The van der Waals surface area contributed by atoms with Crippen LogP contribution in [0.15, 0.2) is 53.8 Å². The molecule has 0 saturated carbocycles. The zero-order valence-corrected chi connectivity index (χ0v) is 52.9. The number of carboxylic acid groups (broad SMARTS) is 3. The number of aromatic nitrogens is 4. The third-order valence-corrected chi connectivity index (χ3v) is 16.3. The summed E-state index contributed by atoms with van der Waals surface area (Å²) in [6.07, 6.45) is -4.16. The van der Waals surface area contributed by atoms with Gasteiger partial charge in [-0.1, -0.05) is 20.8 Å². The van der Waals surface area contributed by atoms with Crippen LogP contribution in [0.5, 0.6) is 5.75 Å². The van der Waals surface area contributed by atoms with Crippen LogP contribution < -0.4 is 36.0 Å². The summed E-state index contributed by atoms with van der Waals surface area (Å²) in [6, 6.07) is 4.57. The smallest absolute Gasteiger partial charge is 0.490 e. The molecule has 1 aliphatic heterocycles. The predicted molar refractivity (Wildman–Crippen MR) is 321 cm³/mol. The van der Waals surface area contributed by atoms with Gasteiger partial charge < -0.3 is 66.3 Å². The Morgan fingerprint density at radius 3 is 1.73 bits per heavy atom. The first-order valence-electron chi connectivity index (χ1n) is 28.8. The van der Waals surface area contributed by atoms with E-state index in [4.69, 9.17) is 24.5 Å². The van der Waals surface area contributed by atoms with E-state index in [0.29, 0.717) is 43.3 Å². The molecule has 38 heteroatoms. The van der Waals surface area contributed by atoms with E-state index in [1.54, 1.807) is 41.5 Å². The number of H-pyrrole nitrogens is 1. The van der Waals surface area contributed by atoms with E-state index in [2.05, 4.69) is 81.8 Å². The summed E-state index contributed by atoms with van der Waals surface area (Å²) < 4.78 is 134. The van der Waals surface area contributed by atoms with Gasteiger partial charge in [0.1, 0.15) is 23.6 Å². The zero-order chi connectivity index (χ0) is 69.0. The van der Waals surface area contributed by atoms with Crippen molar-refractivity contribution in [2.45, 2.75) is 89.8 Å². The molecule has 1 saturated heterocycles. The fraction of sp³-hybridized carbons (Fsp3) is 0.574. The molecule has 0 aliphatic carbocycles. The topological polar surface area (TPSA) is 410 Å². The first kappa shape index (κ1) is 78.5. The molecule has 0 radical (unpaired) electrons. The van der Waals surface area contributed by atoms with E-state index in [1.165, 1.54) is 26.0 Å². The van der Waals surface area contributed by atoms with Gasteiger partial charge in [0.25, 0.3) is 16.0 Å². The van der Waals surface area contributed by atoms with Gasteiger partial charge in [-0.2, -0.15) is 44.6 Å². The lowest BCUT2D eigenvalue weighted by Gasteiger charge is -2.33. The van der Waals surface area contributed by atoms with E-state index < -0.39 is 92.5 Å². The van der Waals surface area contributed by atoms with Crippen molar-refractivity contribution in [3.63, 3.8) is 0 Å². The molecule has 1 fully saturated rings. The predicted octanol–water partition coefficient (Wildman–Crippen LogP) is 1.35. The van der Waals surface area contributed by atoms with Crippen LogP contribution in [0.4, 0.5) is 32.3 Å². The molecule has 0 spiro atoms. The fourth-order valence-corrected chi connectivity index (χ4v) is 11.2. The highest BCUT2D eigenvalue weighted by Crippen LogP contribution is 2.27. The van der Waals surface area contributed by atoms with Crippen LogP contribution in [0.25, 0.3) is 10.9 Å². The number of rotatable bonds is 29. The van der Waals surface area contributed by atoms with E-state index in [9.17, 15) is 76.8 Å². The Balaban J connectivity index is 0.00000141. The number of aromatic amines is 1. The number of carboxylic acids is 3. The molecule has 4 aromatic rings. The lowest BCUT2D eigenvalue weighted by molar-refractivity contribution is -0.193. The average molecular weight is 1360 g/mol. The Morgan fingerprint density at radius 2 is 1.24 bits per heavy atom. The minimum atomic E-state index is -5.08. The van der Waals surface area contributed by atoms with Crippen molar-refractivity contribution in [1.82, 2.24) is 65.3 Å². The summed E-state index contributed by atoms with van der Waals surface area (Å²) in [5.74, 6) is -9.50. The van der Waals surface area contributed by atoms with Crippen LogP contribution in [-0.2, 0) is 55.5 Å². The number of nitrogens with zero attached hydrogens (tertiary/aromatic N) is 7. The Morgan fingerprint density at radius 1 is 0.707 bits per heavy atom. The van der Waals surface area contributed by atoms with E-state index in [0.717, 1.165) is 70.8 Å². The molecular weight excluding hydrogens is 1280 g/mol. The van der Waals surface area contributed by atoms with Gasteiger partial charge in [0.2, 0.25) is 27.7 Å². The summed E-state index contributed by atoms with van der Waals surface area (Å²) in [5, 5.41) is 42.7. The van der Waals surface area contributed by atoms with Crippen LogP contribution in [0, 0.1) is 13.8 Å². The molecule has 2 aromatic heterocycles. The minimum Gasteiger partial charge on any atom is -0.494 e. The van der Waals surface area contributed by atoms with Crippen molar-refractivity contribution in [2.24, 2.45) is 0 Å². The number of nitrogens with one attached hydrogen (secondary N) is 7. The Bertz CT molecular complexity index is 3220. The van der Waals surface area contributed by atoms with E-state index in [-0.39, 0.29) is 66.6 Å². The van der Waals surface area contributed by atoms with Crippen molar-refractivity contribution in [3.05, 3.63) is 65.6 Å². The largest absolute Gasteiger partial charge is 0.494 e. The number of carbonyl (C=O) groups excluding carboxylic acids is 4. The first-order chi connectivity index (χ1) is 43.1. The highest BCUT2D eigenvalue weighted by atomic mass is 32.2. The summed E-state index contributed by atoms with van der Waals surface area (Å²) >= 11 is 0. The maximum atomic E-state index is 13.6. The van der Waals surface area contributed by atoms with Crippen molar-refractivity contribution in [3.8, 4) is 5.75 Å². The van der Waals surface area contributed by atoms with Crippen LogP contribution in [0.2, 0.25) is 0 Å². The van der Waals surface area contributed by atoms with Gasteiger partial charge in [0.15, 0.2) is 5.95 Å². The monoisotopic (exact) mass is 1360 g/mol. The molecule has 30 nitrogen and oxygen atoms in total. The molecule has 92 heavy (non-hydrogen) atoms. The molecule has 0 bridgehead atoms. The normalized spacial score (nSPS) is 15.0. The molecule has 2 atom stereocenters. The van der Waals surface area contributed by atoms with Gasteiger partial charge in [0, 0.05) is 115 Å². The van der Waals surface area contributed by atoms with Gasteiger partial charge in [0.05, 0.1) is 29.8 Å². The number of fused-ring (bicyclic) bond motifs is 1. The maximum Gasteiger partial charge on any atom is 0.490 e. The van der Waals surface area contributed by atoms with Crippen LogP contribution in [-0.4, -0.2) is 259 Å². The molecule has 516 valence electrons. The molecule has 0 unspecified atom stereocenters. The molecule has 1 aliphatic rings.